The molecular formula is C21H30N6S. The van der Waals surface area contributed by atoms with Crippen molar-refractivity contribution in [2.45, 2.75) is 38.6 Å². The van der Waals surface area contributed by atoms with Gasteiger partial charge in [-0.15, -0.1) is 11.8 Å². The summed E-state index contributed by atoms with van der Waals surface area (Å²) in [6.45, 7) is 8.59. The number of rotatable bonds is 8. The molecule has 0 fully saturated rings. The molecule has 3 aromatic heterocycles. The summed E-state index contributed by atoms with van der Waals surface area (Å²) in [5.74, 6) is 2.12. The summed E-state index contributed by atoms with van der Waals surface area (Å²) in [4.78, 5) is 18.7. The largest absolute Gasteiger partial charge is 0.363 e. The molecule has 0 saturated carbocycles. The topological polar surface area (TPSA) is 49.6 Å². The Labute approximate surface area is 172 Å². The molecule has 6 nitrogen and oxygen atoms in total. The molecule has 7 heteroatoms. The number of thioether (sulfide) groups is 1. The predicted molar refractivity (Wildman–Crippen MR) is 120 cm³/mol. The van der Waals surface area contributed by atoms with E-state index >= 15 is 0 Å². The molecule has 150 valence electrons. The van der Waals surface area contributed by atoms with Gasteiger partial charge in [-0.3, -0.25) is 9.38 Å². The second kappa shape index (κ2) is 8.82. The first kappa shape index (κ1) is 20.5. The average molecular weight is 399 g/mol. The Bertz CT molecular complexity index is 943. The zero-order chi connectivity index (χ0) is 20.3. The molecule has 28 heavy (non-hydrogen) atoms. The van der Waals surface area contributed by atoms with Crippen molar-refractivity contribution in [3.63, 3.8) is 0 Å². The van der Waals surface area contributed by atoms with E-state index in [1.54, 1.807) is 11.8 Å². The fourth-order valence-electron chi connectivity index (χ4n) is 3.46. The van der Waals surface area contributed by atoms with Crippen LogP contribution in [0.5, 0.6) is 0 Å². The van der Waals surface area contributed by atoms with E-state index in [0.717, 1.165) is 59.2 Å². The predicted octanol–water partition coefficient (Wildman–Crippen LogP) is 4.51. The fourth-order valence-corrected chi connectivity index (χ4v) is 4.04. The van der Waals surface area contributed by atoms with E-state index in [0.29, 0.717) is 0 Å². The highest BCUT2D eigenvalue weighted by molar-refractivity contribution is 7.98. The van der Waals surface area contributed by atoms with Gasteiger partial charge in [-0.2, -0.15) is 0 Å². The number of hydrogen-bond acceptors (Lipinski definition) is 6. The van der Waals surface area contributed by atoms with E-state index in [-0.39, 0.29) is 0 Å². The Hall–Kier alpha value is -2.28. The lowest BCUT2D eigenvalue weighted by Gasteiger charge is -2.24. The van der Waals surface area contributed by atoms with Gasteiger partial charge in [0.2, 0.25) is 0 Å². The molecule has 0 N–H and O–H groups in total. The van der Waals surface area contributed by atoms with Crippen LogP contribution < -0.4 is 9.80 Å². The number of anilines is 2. The SMILES string of the molecule is CCCN(CCC)c1c(SC)nc2c(-c3cnc(N(C)C)cc3C)nccn12. The van der Waals surface area contributed by atoms with Gasteiger partial charge in [0.15, 0.2) is 5.65 Å². The van der Waals surface area contributed by atoms with Crippen LogP contribution in [0.3, 0.4) is 0 Å². The molecule has 0 bridgehead atoms. The van der Waals surface area contributed by atoms with Gasteiger partial charge >= 0.3 is 0 Å². The second-order valence-electron chi connectivity index (χ2n) is 7.15. The summed E-state index contributed by atoms with van der Waals surface area (Å²) in [5, 5.41) is 1.05. The van der Waals surface area contributed by atoms with Gasteiger partial charge in [-0.25, -0.2) is 9.97 Å². The lowest BCUT2D eigenvalue weighted by atomic mass is 10.1. The number of aromatic nitrogens is 4. The van der Waals surface area contributed by atoms with Crippen LogP contribution in [0.4, 0.5) is 11.6 Å². The quantitative estimate of drug-likeness (QED) is 0.520. The highest BCUT2D eigenvalue weighted by atomic mass is 32.2. The molecular weight excluding hydrogens is 368 g/mol. The maximum atomic E-state index is 4.98. The van der Waals surface area contributed by atoms with Crippen LogP contribution in [0, 0.1) is 6.92 Å². The third-order valence-corrected chi connectivity index (χ3v) is 5.44. The molecule has 0 spiro atoms. The average Bonchev–Trinajstić information content (AvgIpc) is 3.06. The van der Waals surface area contributed by atoms with E-state index in [2.05, 4.69) is 52.4 Å². The lowest BCUT2D eigenvalue weighted by Crippen LogP contribution is -2.26. The van der Waals surface area contributed by atoms with E-state index in [4.69, 9.17) is 4.98 Å². The normalized spacial score (nSPS) is 11.2. The van der Waals surface area contributed by atoms with Crippen molar-refractivity contribution in [2.24, 2.45) is 0 Å². The molecule has 3 aromatic rings. The summed E-state index contributed by atoms with van der Waals surface area (Å²) in [6.07, 6.45) is 10.1. The van der Waals surface area contributed by atoms with Gasteiger partial charge in [-0.05, 0) is 37.7 Å². The lowest BCUT2D eigenvalue weighted by molar-refractivity contribution is 0.723. The highest BCUT2D eigenvalue weighted by Crippen LogP contribution is 2.34. The van der Waals surface area contributed by atoms with Crippen molar-refractivity contribution in [3.8, 4) is 11.3 Å². The molecule has 0 amide bonds. The van der Waals surface area contributed by atoms with Gasteiger partial charge < -0.3 is 9.80 Å². The third-order valence-electron chi connectivity index (χ3n) is 4.78. The summed E-state index contributed by atoms with van der Waals surface area (Å²) in [6, 6.07) is 2.10. The van der Waals surface area contributed by atoms with Crippen molar-refractivity contribution in [3.05, 3.63) is 30.2 Å². The highest BCUT2D eigenvalue weighted by Gasteiger charge is 2.21. The van der Waals surface area contributed by atoms with E-state index in [1.165, 1.54) is 5.82 Å². The number of imidazole rings is 1. The third kappa shape index (κ3) is 3.81. The zero-order valence-electron chi connectivity index (χ0n) is 17.7. The van der Waals surface area contributed by atoms with Gasteiger partial charge in [-0.1, -0.05) is 13.8 Å². The first-order chi connectivity index (χ1) is 13.5. The second-order valence-corrected chi connectivity index (χ2v) is 7.95. The Morgan fingerprint density at radius 3 is 2.39 bits per heavy atom. The zero-order valence-corrected chi connectivity index (χ0v) is 18.5. The maximum absolute atomic E-state index is 4.98. The van der Waals surface area contributed by atoms with Crippen molar-refractivity contribution in [1.29, 1.82) is 0 Å². The minimum Gasteiger partial charge on any atom is -0.363 e. The Morgan fingerprint density at radius 1 is 1.11 bits per heavy atom. The number of aryl methyl sites for hydroxylation is 1. The maximum Gasteiger partial charge on any atom is 0.166 e. The van der Waals surface area contributed by atoms with Crippen LogP contribution in [-0.4, -0.2) is 52.8 Å². The monoisotopic (exact) mass is 398 g/mol. The van der Waals surface area contributed by atoms with Crippen molar-refractivity contribution < 1.29 is 0 Å². The molecule has 3 rings (SSSR count). The van der Waals surface area contributed by atoms with E-state index < -0.39 is 0 Å². The Morgan fingerprint density at radius 2 is 1.82 bits per heavy atom. The van der Waals surface area contributed by atoms with Crippen LogP contribution in [0.2, 0.25) is 0 Å². The molecule has 0 unspecified atom stereocenters. The van der Waals surface area contributed by atoms with E-state index in [1.807, 2.05) is 37.6 Å². The molecule has 0 saturated heterocycles. The smallest absolute Gasteiger partial charge is 0.166 e. The van der Waals surface area contributed by atoms with Crippen molar-refractivity contribution in [1.82, 2.24) is 19.4 Å². The van der Waals surface area contributed by atoms with Gasteiger partial charge in [0.05, 0.1) is 0 Å². The minimum atomic E-state index is 0.882. The van der Waals surface area contributed by atoms with Crippen LogP contribution >= 0.6 is 11.8 Å². The Kier molecular flexibility index (Phi) is 6.44. The van der Waals surface area contributed by atoms with Gasteiger partial charge in [0.1, 0.15) is 22.4 Å². The standard InChI is InChI=1S/C21H30N6S/c1-7-10-26(11-8-2)21-20(28-6)24-19-18(22-9-12-27(19)21)16-14-23-17(25(4)5)13-15(16)3/h9,12-14H,7-8,10-11H2,1-6H3. The summed E-state index contributed by atoms with van der Waals surface area (Å²) >= 11 is 1.69. The molecule has 0 radical (unpaired) electrons. The minimum absolute atomic E-state index is 0.882. The van der Waals surface area contributed by atoms with Crippen LogP contribution in [0.25, 0.3) is 16.9 Å². The molecule has 0 aliphatic rings. The van der Waals surface area contributed by atoms with Gasteiger partial charge in [0, 0.05) is 51.3 Å². The summed E-state index contributed by atoms with van der Waals surface area (Å²) < 4.78 is 2.19. The molecule has 3 heterocycles. The Balaban J connectivity index is 2.19. The fraction of sp³-hybridized carbons (Fsp3) is 0.476. The molecule has 0 aliphatic carbocycles. The van der Waals surface area contributed by atoms with Crippen LogP contribution in [0.1, 0.15) is 32.3 Å². The van der Waals surface area contributed by atoms with E-state index in [9.17, 15) is 0 Å². The van der Waals surface area contributed by atoms with Crippen LogP contribution in [-0.2, 0) is 0 Å². The van der Waals surface area contributed by atoms with Crippen LogP contribution in [0.15, 0.2) is 29.7 Å². The first-order valence-electron chi connectivity index (χ1n) is 9.82. The molecule has 0 aliphatic heterocycles. The summed E-state index contributed by atoms with van der Waals surface area (Å²) in [5.41, 5.74) is 3.94. The molecule has 0 aromatic carbocycles. The number of pyridine rings is 1. The summed E-state index contributed by atoms with van der Waals surface area (Å²) in [7, 11) is 4.00. The van der Waals surface area contributed by atoms with Crippen molar-refractivity contribution in [2.75, 3.05) is 43.2 Å². The molecule has 0 atom stereocenters. The van der Waals surface area contributed by atoms with Gasteiger partial charge in [0.25, 0.3) is 0 Å². The first-order valence-corrected chi connectivity index (χ1v) is 11.0. The number of nitrogens with zero attached hydrogens (tertiary/aromatic N) is 6. The number of hydrogen-bond donors (Lipinski definition) is 0. The van der Waals surface area contributed by atoms with Crippen molar-refractivity contribution >= 4 is 29.0 Å². The number of fused-ring (bicyclic) bond motifs is 1.